The Hall–Kier alpha value is -3.70. The zero-order valence-electron chi connectivity index (χ0n) is 17.7. The van der Waals surface area contributed by atoms with Crippen molar-refractivity contribution in [1.82, 2.24) is 14.5 Å². The van der Waals surface area contributed by atoms with Crippen LogP contribution in [0.25, 0.3) is 27.6 Å². The van der Waals surface area contributed by atoms with E-state index in [2.05, 4.69) is 112 Å². The number of anilines is 1. The van der Waals surface area contributed by atoms with Crippen LogP contribution in [-0.2, 0) is 0 Å². The number of hydrogen-bond donors (Lipinski definition) is 0. The van der Waals surface area contributed by atoms with Crippen molar-refractivity contribution in [1.29, 1.82) is 0 Å². The van der Waals surface area contributed by atoms with Crippen LogP contribution in [0.4, 0.5) is 5.69 Å². The number of rotatable bonds is 4. The average Bonchev–Trinajstić information content (AvgIpc) is 3.41. The SMILES string of the molecule is CN1C=CN(c2cccc(Sc3ccc4c5ccccc5n(-c5ccccn5)c4c3)c2)C1. The van der Waals surface area contributed by atoms with Gasteiger partial charge in [-0.25, -0.2) is 4.98 Å². The molecule has 0 fully saturated rings. The van der Waals surface area contributed by atoms with E-state index in [-0.39, 0.29) is 0 Å². The number of benzene rings is 3. The van der Waals surface area contributed by atoms with Gasteiger partial charge in [-0.05, 0) is 48.5 Å². The summed E-state index contributed by atoms with van der Waals surface area (Å²) in [5, 5.41) is 2.49. The highest BCUT2D eigenvalue weighted by Gasteiger charge is 2.14. The summed E-state index contributed by atoms with van der Waals surface area (Å²) in [6.07, 6.45) is 6.08. The van der Waals surface area contributed by atoms with E-state index in [1.807, 2.05) is 18.3 Å². The normalized spacial score (nSPS) is 13.5. The Morgan fingerprint density at radius 2 is 1.59 bits per heavy atom. The lowest BCUT2D eigenvalue weighted by atomic mass is 10.2. The Bertz CT molecular complexity index is 1460. The molecule has 3 heterocycles. The first-order chi connectivity index (χ1) is 15.8. The first-order valence-corrected chi connectivity index (χ1v) is 11.5. The van der Waals surface area contributed by atoms with Crippen molar-refractivity contribution >= 4 is 39.3 Å². The summed E-state index contributed by atoms with van der Waals surface area (Å²) < 4.78 is 2.26. The van der Waals surface area contributed by atoms with Crippen LogP contribution in [0.2, 0.25) is 0 Å². The van der Waals surface area contributed by atoms with Crippen molar-refractivity contribution in [3.8, 4) is 5.82 Å². The summed E-state index contributed by atoms with van der Waals surface area (Å²) >= 11 is 1.79. The highest BCUT2D eigenvalue weighted by molar-refractivity contribution is 7.99. The lowest BCUT2D eigenvalue weighted by Gasteiger charge is -2.18. The molecule has 5 heteroatoms. The topological polar surface area (TPSA) is 24.3 Å². The van der Waals surface area contributed by atoms with Crippen LogP contribution < -0.4 is 4.90 Å². The summed E-state index contributed by atoms with van der Waals surface area (Å²) in [5.41, 5.74) is 3.56. The van der Waals surface area contributed by atoms with Crippen molar-refractivity contribution < 1.29 is 0 Å². The second-order valence-electron chi connectivity index (χ2n) is 7.99. The predicted octanol–water partition coefficient (Wildman–Crippen LogP) is 6.51. The fourth-order valence-corrected chi connectivity index (χ4v) is 5.21. The van der Waals surface area contributed by atoms with Crippen molar-refractivity contribution in [3.63, 3.8) is 0 Å². The molecule has 0 N–H and O–H groups in total. The number of hydrogen-bond acceptors (Lipinski definition) is 4. The molecule has 0 saturated heterocycles. The Morgan fingerprint density at radius 1 is 0.750 bits per heavy atom. The number of fused-ring (bicyclic) bond motifs is 3. The van der Waals surface area contributed by atoms with Crippen molar-refractivity contribution in [2.45, 2.75) is 9.79 Å². The van der Waals surface area contributed by atoms with E-state index in [4.69, 9.17) is 0 Å². The predicted molar refractivity (Wildman–Crippen MR) is 133 cm³/mol. The van der Waals surface area contributed by atoms with Gasteiger partial charge in [-0.15, -0.1) is 0 Å². The Balaban J connectivity index is 1.43. The molecule has 2 aromatic heterocycles. The van der Waals surface area contributed by atoms with Gasteiger partial charge in [-0.3, -0.25) is 4.57 Å². The summed E-state index contributed by atoms with van der Waals surface area (Å²) in [4.78, 5) is 11.5. The van der Waals surface area contributed by atoms with E-state index in [1.54, 1.807) is 11.8 Å². The van der Waals surface area contributed by atoms with Crippen LogP contribution >= 0.6 is 11.8 Å². The molecule has 1 aliphatic heterocycles. The van der Waals surface area contributed by atoms with Crippen LogP contribution in [-0.4, -0.2) is 28.2 Å². The smallest absolute Gasteiger partial charge is 0.137 e. The van der Waals surface area contributed by atoms with E-state index in [0.717, 1.165) is 12.5 Å². The molecule has 0 unspecified atom stereocenters. The van der Waals surface area contributed by atoms with E-state index >= 15 is 0 Å². The minimum atomic E-state index is 0.879. The number of aromatic nitrogens is 2. The van der Waals surface area contributed by atoms with Gasteiger partial charge in [0.2, 0.25) is 0 Å². The third kappa shape index (κ3) is 3.31. The lowest BCUT2D eigenvalue weighted by Crippen LogP contribution is -2.21. The van der Waals surface area contributed by atoms with E-state index in [9.17, 15) is 0 Å². The van der Waals surface area contributed by atoms with Crippen LogP contribution in [0.15, 0.2) is 113 Å². The fraction of sp³-hybridized carbons (Fsp3) is 0.0741. The number of pyridine rings is 1. The zero-order chi connectivity index (χ0) is 21.5. The second kappa shape index (κ2) is 7.77. The molecule has 0 amide bonds. The van der Waals surface area contributed by atoms with Crippen molar-refractivity contribution in [3.05, 3.63) is 104 Å². The van der Waals surface area contributed by atoms with Crippen LogP contribution in [0.1, 0.15) is 0 Å². The summed E-state index contributed by atoms with van der Waals surface area (Å²) in [7, 11) is 2.09. The molecule has 0 bridgehead atoms. The van der Waals surface area contributed by atoms with Crippen LogP contribution in [0.3, 0.4) is 0 Å². The molecule has 0 radical (unpaired) electrons. The largest absolute Gasteiger partial charge is 0.361 e. The number of para-hydroxylation sites is 1. The Kier molecular flexibility index (Phi) is 4.62. The first kappa shape index (κ1) is 19.0. The maximum Gasteiger partial charge on any atom is 0.137 e. The van der Waals surface area contributed by atoms with Crippen LogP contribution in [0.5, 0.6) is 0 Å². The Morgan fingerprint density at radius 3 is 2.44 bits per heavy atom. The molecular formula is C27H22N4S. The molecule has 4 nitrogen and oxygen atoms in total. The molecule has 3 aromatic carbocycles. The van der Waals surface area contributed by atoms with Crippen LogP contribution in [0, 0.1) is 0 Å². The maximum absolute atomic E-state index is 4.64. The number of nitrogens with zero attached hydrogens (tertiary/aromatic N) is 4. The summed E-state index contributed by atoms with van der Waals surface area (Å²) in [5.74, 6) is 0.938. The second-order valence-corrected chi connectivity index (χ2v) is 9.13. The molecule has 6 rings (SSSR count). The highest BCUT2D eigenvalue weighted by Crippen LogP contribution is 2.37. The van der Waals surface area contributed by atoms with Crippen molar-refractivity contribution in [2.75, 3.05) is 18.6 Å². The van der Waals surface area contributed by atoms with Gasteiger partial charge in [0.25, 0.3) is 0 Å². The fourth-order valence-electron chi connectivity index (χ4n) is 4.31. The third-order valence-electron chi connectivity index (χ3n) is 5.79. The van der Waals surface area contributed by atoms with Gasteiger partial charge < -0.3 is 9.80 Å². The zero-order valence-corrected chi connectivity index (χ0v) is 18.5. The van der Waals surface area contributed by atoms with Gasteiger partial charge in [-0.2, -0.15) is 0 Å². The van der Waals surface area contributed by atoms with Gasteiger partial charge in [0.05, 0.1) is 17.7 Å². The van der Waals surface area contributed by atoms with E-state index < -0.39 is 0 Å². The van der Waals surface area contributed by atoms with Gasteiger partial charge in [0.15, 0.2) is 0 Å². The minimum Gasteiger partial charge on any atom is -0.361 e. The molecule has 32 heavy (non-hydrogen) atoms. The minimum absolute atomic E-state index is 0.879. The molecule has 0 spiro atoms. The molecule has 0 saturated carbocycles. The van der Waals surface area contributed by atoms with E-state index in [1.165, 1.54) is 37.3 Å². The molecule has 0 aliphatic carbocycles. The Labute approximate surface area is 191 Å². The third-order valence-corrected chi connectivity index (χ3v) is 6.76. The summed E-state index contributed by atoms with van der Waals surface area (Å²) in [6.45, 7) is 0.879. The monoisotopic (exact) mass is 434 g/mol. The average molecular weight is 435 g/mol. The standard InChI is InChI=1S/C27H22N4S/c1-29-15-16-30(19-29)20-7-6-8-21(17-20)32-22-12-13-24-23-9-2-3-10-25(23)31(26(24)18-22)27-11-4-5-14-28-27/h2-18H,19H2,1H3. The lowest BCUT2D eigenvalue weighted by molar-refractivity contribution is 0.495. The highest BCUT2D eigenvalue weighted by atomic mass is 32.2. The van der Waals surface area contributed by atoms with Gasteiger partial charge in [-0.1, -0.05) is 48.2 Å². The molecular weight excluding hydrogens is 412 g/mol. The molecule has 0 atom stereocenters. The molecule has 5 aromatic rings. The quantitative estimate of drug-likeness (QED) is 0.322. The maximum atomic E-state index is 4.64. The molecule has 156 valence electrons. The van der Waals surface area contributed by atoms with E-state index in [0.29, 0.717) is 0 Å². The van der Waals surface area contributed by atoms with Gasteiger partial charge in [0, 0.05) is 51.9 Å². The molecule has 1 aliphatic rings. The van der Waals surface area contributed by atoms with Gasteiger partial charge in [0.1, 0.15) is 5.82 Å². The first-order valence-electron chi connectivity index (χ1n) is 10.6. The summed E-state index contributed by atoms with van der Waals surface area (Å²) in [6, 6.07) is 30.1. The van der Waals surface area contributed by atoms with Gasteiger partial charge >= 0.3 is 0 Å². The van der Waals surface area contributed by atoms with Crippen molar-refractivity contribution in [2.24, 2.45) is 0 Å².